The number of rotatable bonds is 9. The van der Waals surface area contributed by atoms with Crippen molar-refractivity contribution >= 4 is 214 Å². The summed E-state index contributed by atoms with van der Waals surface area (Å²) in [6.07, 6.45) is 0. The van der Waals surface area contributed by atoms with E-state index >= 15 is 0 Å². The van der Waals surface area contributed by atoms with Gasteiger partial charge in [-0.1, -0.05) is 243 Å². The number of para-hydroxylation sites is 12. The molecule has 21 aromatic carbocycles. The van der Waals surface area contributed by atoms with Crippen LogP contribution in [0.2, 0.25) is 0 Å². The average molecular weight is 1870 g/mol. The standard InChI is InChI=1S/3C44H24N4O/c1-46-28-19-23-40(47-37-14-6-2-10-29(37)30-11-3-7-15-38(30)47)36(25-28)35-24-27(26-45)18-22-41(35)48-39-16-8-4-12-31(39)33-20-21-34-32-13-5-9-17-42(32)49-44(34)43(33)48;1-46-28-19-22-39(47-36-14-6-2-10-29(36)30-11-3-7-15-37(30)47)35(25-28)34-24-27(26-45)18-21-40(34)48-38-16-8-4-12-31(38)32-20-23-42-43(44(32)48)33-13-5-9-17-41(33)49-42;1-46-28-19-21-41(47-37-14-6-2-10-29(37)30-11-3-7-15-38(30)47)34(23-28)33-22-27(26-45)18-20-40(33)48-39-16-8-4-12-31(39)35-24-36-32-13-5-9-17-43(32)49-44(36)25-42(35)48/h3*2-25H. The molecule has 0 N–H and O–H groups in total. The van der Waals surface area contributed by atoms with Crippen molar-refractivity contribution in [2.45, 2.75) is 0 Å². The number of benzene rings is 21. The molecule has 0 amide bonds. The Morgan fingerprint density at radius 1 is 0.184 bits per heavy atom. The summed E-state index contributed by atoms with van der Waals surface area (Å²) in [5.41, 5.74) is 31.3. The van der Waals surface area contributed by atoms with Crippen LogP contribution in [-0.4, -0.2) is 27.4 Å². The van der Waals surface area contributed by atoms with Crippen molar-refractivity contribution in [1.29, 1.82) is 15.8 Å². The molecule has 0 atom stereocenters. The number of furan rings is 3. The highest BCUT2D eigenvalue weighted by Gasteiger charge is 2.30. The molecule has 9 aromatic heterocycles. The van der Waals surface area contributed by atoms with Crippen LogP contribution in [0.4, 0.5) is 17.1 Å². The number of nitriles is 3. The predicted molar refractivity (Wildman–Crippen MR) is 596 cm³/mol. The second kappa shape index (κ2) is 33.2. The first kappa shape index (κ1) is 83.9. The van der Waals surface area contributed by atoms with Gasteiger partial charge < -0.3 is 40.7 Å². The van der Waals surface area contributed by atoms with Crippen LogP contribution >= 0.6 is 0 Å². The molecule has 15 heteroatoms. The van der Waals surface area contributed by atoms with Crippen molar-refractivity contribution in [2.24, 2.45) is 0 Å². The van der Waals surface area contributed by atoms with Crippen molar-refractivity contribution in [3.63, 3.8) is 0 Å². The predicted octanol–water partition coefficient (Wildman–Crippen LogP) is 35.6. The van der Waals surface area contributed by atoms with Gasteiger partial charge in [-0.2, -0.15) is 15.8 Å². The zero-order chi connectivity index (χ0) is 97.9. The Kier molecular flexibility index (Phi) is 19.0. The lowest BCUT2D eigenvalue weighted by Gasteiger charge is -2.19. The molecule has 678 valence electrons. The maximum Gasteiger partial charge on any atom is 0.188 e. The molecule has 15 nitrogen and oxygen atoms in total. The van der Waals surface area contributed by atoms with Gasteiger partial charge in [0.2, 0.25) is 0 Å². The number of hydrogen-bond acceptors (Lipinski definition) is 6. The summed E-state index contributed by atoms with van der Waals surface area (Å²) in [7, 11) is 0. The minimum absolute atomic E-state index is 0.523. The Hall–Kier alpha value is -21.2. The van der Waals surface area contributed by atoms with Crippen molar-refractivity contribution in [2.75, 3.05) is 0 Å². The summed E-state index contributed by atoms with van der Waals surface area (Å²) < 4.78 is 33.1. The van der Waals surface area contributed by atoms with E-state index in [-0.39, 0.29) is 0 Å². The van der Waals surface area contributed by atoms with Crippen LogP contribution in [0, 0.1) is 53.7 Å². The number of nitrogens with zero attached hydrogens (tertiary/aromatic N) is 12. The molecule has 0 aliphatic rings. The van der Waals surface area contributed by atoms with Gasteiger partial charge in [0.25, 0.3) is 0 Å². The van der Waals surface area contributed by atoms with E-state index in [1.807, 2.05) is 164 Å². The van der Waals surface area contributed by atoms with Crippen molar-refractivity contribution in [3.8, 4) is 85.7 Å². The SMILES string of the molecule is [C-]#[N+]c1ccc(-n2c3ccccc3c3ccccc32)c(-c2cc(C#N)ccc2-n2c3ccccc3c3cc4c(cc32)oc2ccccc24)c1.[C-]#[N+]c1ccc(-n2c3ccccc3c3ccccc32)c(-c2cc(C#N)ccc2-n2c3ccccc3c3ccc4c5ccccc5oc4c32)c1.[C-]#[N+]c1ccc(-n2c3ccccc3c3ccccc32)c(-c2cc(C#N)ccc2-n2c3ccccc3c3ccc4oc5ccccc5c4c32)c1. The Morgan fingerprint density at radius 3 is 0.830 bits per heavy atom. The molecular weight excluding hydrogens is 1800 g/mol. The van der Waals surface area contributed by atoms with Gasteiger partial charge in [0, 0.05) is 114 Å². The monoisotopic (exact) mass is 1870 g/mol. The topological polar surface area (TPSA) is 153 Å². The second-order valence-corrected chi connectivity index (χ2v) is 37.0. The van der Waals surface area contributed by atoms with Gasteiger partial charge in [-0.3, -0.25) is 0 Å². The van der Waals surface area contributed by atoms with E-state index in [1.54, 1.807) is 0 Å². The summed E-state index contributed by atoms with van der Waals surface area (Å²) in [4.78, 5) is 11.6. The van der Waals surface area contributed by atoms with Crippen molar-refractivity contribution in [3.05, 3.63) is 488 Å². The van der Waals surface area contributed by atoms with Gasteiger partial charge in [-0.05, 0) is 205 Å². The van der Waals surface area contributed by atoms with Gasteiger partial charge in [-0.15, -0.1) is 0 Å². The summed E-state index contributed by atoms with van der Waals surface area (Å²) in [6.45, 7) is 24.0. The Balaban J connectivity index is 0.000000107. The minimum Gasteiger partial charge on any atom is -0.456 e. The van der Waals surface area contributed by atoms with Crippen LogP contribution in [0.1, 0.15) is 16.7 Å². The molecule has 0 saturated carbocycles. The molecule has 0 unspecified atom stereocenters. The summed E-state index contributed by atoms with van der Waals surface area (Å²) in [5, 5.41) is 50.5. The molecule has 0 aliphatic heterocycles. The third kappa shape index (κ3) is 12.8. The molecule has 147 heavy (non-hydrogen) atoms. The molecule has 30 rings (SSSR count). The largest absolute Gasteiger partial charge is 0.456 e. The average Bonchev–Trinajstić information content (AvgIpc) is 1.55. The maximum atomic E-state index is 10.2. The molecule has 30 aromatic rings. The van der Waals surface area contributed by atoms with Crippen LogP contribution in [0.25, 0.3) is 279 Å². The third-order valence-corrected chi connectivity index (χ3v) is 29.3. The Morgan fingerprint density at radius 2 is 0.449 bits per heavy atom. The smallest absolute Gasteiger partial charge is 0.188 e. The fourth-order valence-electron chi connectivity index (χ4n) is 23.1. The van der Waals surface area contributed by atoms with Gasteiger partial charge in [-0.25, -0.2) is 14.5 Å². The minimum atomic E-state index is 0.523. The fourth-order valence-corrected chi connectivity index (χ4v) is 23.1. The summed E-state index contributed by atoms with van der Waals surface area (Å²) in [6, 6.07) is 156. The normalized spacial score (nSPS) is 11.6. The Labute approximate surface area is 837 Å². The lowest BCUT2D eigenvalue weighted by atomic mass is 9.98. The Bertz CT molecular complexity index is 11100. The maximum absolute atomic E-state index is 10.2. The molecule has 9 heterocycles. The number of aromatic nitrogens is 6. The molecule has 0 aliphatic carbocycles. The highest BCUT2D eigenvalue weighted by atomic mass is 16.3. The number of fused-ring (bicyclic) bond motifs is 29. The molecule has 0 bridgehead atoms. The van der Waals surface area contributed by atoms with Crippen LogP contribution in [0.5, 0.6) is 0 Å². The lowest BCUT2D eigenvalue weighted by Crippen LogP contribution is -2.02. The first-order valence-electron chi connectivity index (χ1n) is 48.3. The second-order valence-electron chi connectivity index (χ2n) is 37.0. The van der Waals surface area contributed by atoms with Crippen molar-refractivity contribution < 1.29 is 13.3 Å². The highest BCUT2D eigenvalue weighted by molar-refractivity contribution is 6.27. The van der Waals surface area contributed by atoms with E-state index in [1.165, 1.54) is 0 Å². The first-order valence-corrected chi connectivity index (χ1v) is 48.3. The van der Waals surface area contributed by atoms with E-state index in [2.05, 4.69) is 333 Å². The van der Waals surface area contributed by atoms with Gasteiger partial charge >= 0.3 is 0 Å². The zero-order valence-electron chi connectivity index (χ0n) is 78.2. The van der Waals surface area contributed by atoms with Gasteiger partial charge in [0.1, 0.15) is 27.9 Å². The van der Waals surface area contributed by atoms with Gasteiger partial charge in [0.15, 0.2) is 22.6 Å². The number of hydrogen-bond donors (Lipinski definition) is 0. The van der Waals surface area contributed by atoms with E-state index in [4.69, 9.17) is 33.0 Å². The summed E-state index contributed by atoms with van der Waals surface area (Å²) >= 11 is 0. The first-order chi connectivity index (χ1) is 72.7. The zero-order valence-corrected chi connectivity index (χ0v) is 78.2. The van der Waals surface area contributed by atoms with Crippen LogP contribution < -0.4 is 0 Å². The quantitative estimate of drug-likeness (QED) is 0.131. The fraction of sp³-hybridized carbons (Fsp3) is 0. The molecule has 0 radical (unpaired) electrons. The van der Waals surface area contributed by atoms with Gasteiger partial charge in [0.05, 0.1) is 160 Å². The highest BCUT2D eigenvalue weighted by Crippen LogP contribution is 2.52. The van der Waals surface area contributed by atoms with Crippen LogP contribution in [0.15, 0.2) is 450 Å². The third-order valence-electron chi connectivity index (χ3n) is 29.3. The van der Waals surface area contributed by atoms with E-state index in [0.29, 0.717) is 33.8 Å². The van der Waals surface area contributed by atoms with E-state index < -0.39 is 0 Å². The molecule has 0 fully saturated rings. The summed E-state index contributed by atoms with van der Waals surface area (Å²) in [5.74, 6) is 0. The molecule has 0 spiro atoms. The van der Waals surface area contributed by atoms with Crippen LogP contribution in [0.3, 0.4) is 0 Å². The molecule has 0 saturated heterocycles. The van der Waals surface area contributed by atoms with E-state index in [0.717, 1.165) is 264 Å². The van der Waals surface area contributed by atoms with Crippen LogP contribution in [-0.2, 0) is 0 Å². The molecular formula is C132H72N12O3. The lowest BCUT2D eigenvalue weighted by molar-refractivity contribution is 0.669. The van der Waals surface area contributed by atoms with Crippen molar-refractivity contribution in [1.82, 2.24) is 27.4 Å². The van der Waals surface area contributed by atoms with E-state index in [9.17, 15) is 15.8 Å².